The fourth-order valence-electron chi connectivity index (χ4n) is 2.53. The van der Waals surface area contributed by atoms with Gasteiger partial charge in [-0.15, -0.1) is 0 Å². The van der Waals surface area contributed by atoms with Gasteiger partial charge in [-0.3, -0.25) is 9.78 Å². The Balaban J connectivity index is 1.69. The maximum absolute atomic E-state index is 12.0. The van der Waals surface area contributed by atoms with E-state index < -0.39 is 6.10 Å². The molecule has 5 nitrogen and oxygen atoms in total. The Bertz CT molecular complexity index is 624. The van der Waals surface area contributed by atoms with Crippen molar-refractivity contribution in [3.05, 3.63) is 42.1 Å². The van der Waals surface area contributed by atoms with E-state index >= 15 is 0 Å². The highest BCUT2D eigenvalue weighted by atomic mass is 16.3. The number of carbonyl (C=O) groups is 1. The van der Waals surface area contributed by atoms with Crippen molar-refractivity contribution in [3.63, 3.8) is 0 Å². The Morgan fingerprint density at radius 2 is 2.25 bits per heavy atom. The number of nitrogens with one attached hydrogen (secondary N) is 2. The summed E-state index contributed by atoms with van der Waals surface area (Å²) in [5, 5.41) is 16.4. The summed E-state index contributed by atoms with van der Waals surface area (Å²) >= 11 is 0. The Hall–Kier alpha value is -1.98. The number of rotatable bonds is 3. The van der Waals surface area contributed by atoms with E-state index in [4.69, 9.17) is 0 Å². The molecule has 1 aromatic heterocycles. The number of β-amino-alcohol motifs (C(OH)–C–C–N with tert-alkyl or cyclic N) is 1. The Kier molecular flexibility index (Phi) is 3.62. The highest BCUT2D eigenvalue weighted by Gasteiger charge is 2.27. The van der Waals surface area contributed by atoms with Crippen LogP contribution in [0.3, 0.4) is 0 Å². The second-order valence-electron chi connectivity index (χ2n) is 5.06. The number of para-hydroxylation sites is 1. The van der Waals surface area contributed by atoms with Gasteiger partial charge in [-0.2, -0.15) is 0 Å². The molecular formula is C15H17N3O2. The SMILES string of the molecule is O=C(NCc1cccc2cccnc12)[C@@H]1C[C@H](O)CN1. The average molecular weight is 271 g/mol. The first-order valence-electron chi connectivity index (χ1n) is 6.76. The third kappa shape index (κ3) is 2.64. The number of aliphatic hydroxyl groups excluding tert-OH is 1. The topological polar surface area (TPSA) is 74.2 Å². The molecule has 3 rings (SSSR count). The summed E-state index contributed by atoms with van der Waals surface area (Å²) in [5.74, 6) is -0.0746. The van der Waals surface area contributed by atoms with Crippen LogP contribution in [0.4, 0.5) is 0 Å². The van der Waals surface area contributed by atoms with Gasteiger partial charge in [0.2, 0.25) is 5.91 Å². The molecule has 2 atom stereocenters. The zero-order chi connectivity index (χ0) is 13.9. The third-order valence-corrected chi connectivity index (χ3v) is 3.59. The summed E-state index contributed by atoms with van der Waals surface area (Å²) < 4.78 is 0. The Labute approximate surface area is 117 Å². The summed E-state index contributed by atoms with van der Waals surface area (Å²) in [7, 11) is 0. The first kappa shape index (κ1) is 13.0. The number of hydrogen-bond donors (Lipinski definition) is 3. The molecule has 1 aliphatic heterocycles. The molecule has 0 aliphatic carbocycles. The zero-order valence-electron chi connectivity index (χ0n) is 11.0. The van der Waals surface area contributed by atoms with Crippen LogP contribution in [0.5, 0.6) is 0 Å². The number of hydrogen-bond acceptors (Lipinski definition) is 4. The van der Waals surface area contributed by atoms with Crippen LogP contribution in [0.2, 0.25) is 0 Å². The number of fused-ring (bicyclic) bond motifs is 1. The van der Waals surface area contributed by atoms with Crippen molar-refractivity contribution in [2.45, 2.75) is 25.1 Å². The van der Waals surface area contributed by atoms with Crippen LogP contribution in [0.1, 0.15) is 12.0 Å². The molecule has 0 bridgehead atoms. The van der Waals surface area contributed by atoms with Gasteiger partial charge in [0.1, 0.15) is 0 Å². The second kappa shape index (κ2) is 5.56. The lowest BCUT2D eigenvalue weighted by atomic mass is 10.1. The number of pyridine rings is 1. The van der Waals surface area contributed by atoms with Gasteiger partial charge in [-0.1, -0.05) is 24.3 Å². The van der Waals surface area contributed by atoms with Crippen molar-refractivity contribution >= 4 is 16.8 Å². The molecule has 1 aromatic carbocycles. The van der Waals surface area contributed by atoms with Crippen molar-refractivity contribution in [2.24, 2.45) is 0 Å². The van der Waals surface area contributed by atoms with E-state index in [2.05, 4.69) is 15.6 Å². The van der Waals surface area contributed by atoms with Crippen molar-refractivity contribution < 1.29 is 9.90 Å². The molecule has 1 aliphatic rings. The molecule has 1 amide bonds. The van der Waals surface area contributed by atoms with Gasteiger partial charge in [0.25, 0.3) is 0 Å². The number of nitrogens with zero attached hydrogens (tertiary/aromatic N) is 1. The predicted molar refractivity (Wildman–Crippen MR) is 76.0 cm³/mol. The molecule has 0 saturated carbocycles. The van der Waals surface area contributed by atoms with Crippen LogP contribution in [-0.2, 0) is 11.3 Å². The number of aliphatic hydroxyl groups is 1. The van der Waals surface area contributed by atoms with Crippen molar-refractivity contribution in [1.29, 1.82) is 0 Å². The van der Waals surface area contributed by atoms with Crippen LogP contribution in [0.25, 0.3) is 10.9 Å². The van der Waals surface area contributed by atoms with Gasteiger partial charge in [-0.25, -0.2) is 0 Å². The first-order valence-corrected chi connectivity index (χ1v) is 6.76. The molecule has 20 heavy (non-hydrogen) atoms. The van der Waals surface area contributed by atoms with Crippen LogP contribution in [0, 0.1) is 0 Å². The van der Waals surface area contributed by atoms with Gasteiger partial charge in [0.15, 0.2) is 0 Å². The molecule has 0 spiro atoms. The highest BCUT2D eigenvalue weighted by molar-refractivity contribution is 5.84. The molecule has 0 radical (unpaired) electrons. The number of benzene rings is 1. The van der Waals surface area contributed by atoms with Gasteiger partial charge < -0.3 is 15.7 Å². The van der Waals surface area contributed by atoms with Gasteiger partial charge in [-0.05, 0) is 18.1 Å². The monoisotopic (exact) mass is 271 g/mol. The molecule has 1 fully saturated rings. The predicted octanol–water partition coefficient (Wildman–Crippen LogP) is 0.574. The van der Waals surface area contributed by atoms with Gasteiger partial charge in [0, 0.05) is 24.7 Å². The van der Waals surface area contributed by atoms with Crippen molar-refractivity contribution in [1.82, 2.24) is 15.6 Å². The van der Waals surface area contributed by atoms with E-state index in [9.17, 15) is 9.90 Å². The number of amides is 1. The summed E-state index contributed by atoms with van der Waals surface area (Å²) in [5.41, 5.74) is 1.91. The van der Waals surface area contributed by atoms with Crippen LogP contribution < -0.4 is 10.6 Å². The molecule has 0 unspecified atom stereocenters. The minimum Gasteiger partial charge on any atom is -0.392 e. The van der Waals surface area contributed by atoms with Crippen molar-refractivity contribution in [3.8, 4) is 0 Å². The lowest BCUT2D eigenvalue weighted by Gasteiger charge is -2.12. The van der Waals surface area contributed by atoms with Gasteiger partial charge in [0.05, 0.1) is 17.7 Å². The standard InChI is InChI=1S/C15H17N3O2/c19-12-7-13(17-9-12)15(20)18-8-11-4-1-3-10-5-2-6-16-14(10)11/h1-6,12-13,17,19H,7-9H2,(H,18,20)/t12-,13-/m0/s1. The molecule has 2 heterocycles. The van der Waals surface area contributed by atoms with Crippen LogP contribution in [0.15, 0.2) is 36.5 Å². The maximum atomic E-state index is 12.0. The number of carbonyl (C=O) groups excluding carboxylic acids is 1. The Morgan fingerprint density at radius 1 is 1.40 bits per heavy atom. The minimum absolute atomic E-state index is 0.0746. The average Bonchev–Trinajstić information content (AvgIpc) is 2.91. The van der Waals surface area contributed by atoms with E-state index in [0.29, 0.717) is 19.5 Å². The van der Waals surface area contributed by atoms with E-state index in [0.717, 1.165) is 16.5 Å². The largest absolute Gasteiger partial charge is 0.392 e. The van der Waals surface area contributed by atoms with E-state index in [1.165, 1.54) is 0 Å². The maximum Gasteiger partial charge on any atom is 0.237 e. The normalized spacial score (nSPS) is 22.1. The highest BCUT2D eigenvalue weighted by Crippen LogP contribution is 2.15. The van der Waals surface area contributed by atoms with Crippen LogP contribution in [-0.4, -0.2) is 34.7 Å². The Morgan fingerprint density at radius 3 is 3.05 bits per heavy atom. The van der Waals surface area contributed by atoms with Gasteiger partial charge >= 0.3 is 0 Å². The molecule has 1 saturated heterocycles. The van der Waals surface area contributed by atoms with Crippen molar-refractivity contribution in [2.75, 3.05) is 6.54 Å². The van der Waals surface area contributed by atoms with Crippen LogP contribution >= 0.6 is 0 Å². The van der Waals surface area contributed by atoms with E-state index in [1.807, 2.05) is 30.3 Å². The zero-order valence-corrected chi connectivity index (χ0v) is 11.0. The second-order valence-corrected chi connectivity index (χ2v) is 5.06. The number of aromatic nitrogens is 1. The molecule has 2 aromatic rings. The summed E-state index contributed by atoms with van der Waals surface area (Å²) in [6.07, 6.45) is 1.80. The van der Waals surface area contributed by atoms with E-state index in [-0.39, 0.29) is 11.9 Å². The summed E-state index contributed by atoms with van der Waals surface area (Å²) in [4.78, 5) is 16.4. The smallest absolute Gasteiger partial charge is 0.237 e. The van der Waals surface area contributed by atoms with E-state index in [1.54, 1.807) is 6.20 Å². The fourth-order valence-corrected chi connectivity index (χ4v) is 2.53. The first-order chi connectivity index (χ1) is 9.74. The molecule has 3 N–H and O–H groups in total. The molecule has 104 valence electrons. The minimum atomic E-state index is -0.426. The third-order valence-electron chi connectivity index (χ3n) is 3.59. The quantitative estimate of drug-likeness (QED) is 0.763. The lowest BCUT2D eigenvalue weighted by molar-refractivity contribution is -0.123. The molecule has 5 heteroatoms. The molecular weight excluding hydrogens is 254 g/mol. The fraction of sp³-hybridized carbons (Fsp3) is 0.333. The summed E-state index contributed by atoms with van der Waals surface area (Å²) in [6.45, 7) is 0.926. The lowest BCUT2D eigenvalue weighted by Crippen LogP contribution is -2.40. The summed E-state index contributed by atoms with van der Waals surface area (Å²) in [6, 6.07) is 9.53.